The molecule has 0 bridgehead atoms. The van der Waals surface area contributed by atoms with E-state index >= 15 is 0 Å². The third kappa shape index (κ3) is 4.19. The number of hydrogen-bond donors (Lipinski definition) is 0. The molecule has 112 valence electrons. The van der Waals surface area contributed by atoms with Gasteiger partial charge in [-0.2, -0.15) is 0 Å². The van der Waals surface area contributed by atoms with Crippen LogP contribution >= 0.6 is 0 Å². The molecule has 2 heteroatoms. The smallest absolute Gasteiger partial charge is 0.00676 e. The Morgan fingerprint density at radius 3 is 2.16 bits per heavy atom. The van der Waals surface area contributed by atoms with E-state index in [1.807, 2.05) is 0 Å². The SMILES string of the molecule is CCN(CC)CCC[C@@H](C)N1C[C@H]2CCCC[C@@H]2C1. The Labute approximate surface area is 120 Å². The first-order valence-electron chi connectivity index (χ1n) is 8.71. The van der Waals surface area contributed by atoms with Crippen molar-refractivity contribution in [2.45, 2.75) is 65.3 Å². The van der Waals surface area contributed by atoms with Gasteiger partial charge >= 0.3 is 0 Å². The molecule has 0 spiro atoms. The van der Waals surface area contributed by atoms with Crippen LogP contribution in [-0.4, -0.2) is 48.6 Å². The quantitative estimate of drug-likeness (QED) is 0.694. The number of hydrogen-bond acceptors (Lipinski definition) is 2. The predicted molar refractivity (Wildman–Crippen MR) is 83.5 cm³/mol. The molecule has 3 atom stereocenters. The minimum Gasteiger partial charge on any atom is -0.304 e. The Bertz CT molecular complexity index is 236. The summed E-state index contributed by atoms with van der Waals surface area (Å²) in [5.74, 6) is 2.08. The van der Waals surface area contributed by atoms with Crippen LogP contribution in [0, 0.1) is 11.8 Å². The van der Waals surface area contributed by atoms with Crippen molar-refractivity contribution in [1.29, 1.82) is 0 Å². The normalized spacial score (nSPS) is 29.7. The monoisotopic (exact) mass is 266 g/mol. The molecule has 1 aliphatic heterocycles. The Morgan fingerprint density at radius 2 is 1.63 bits per heavy atom. The van der Waals surface area contributed by atoms with Crippen molar-refractivity contribution in [3.05, 3.63) is 0 Å². The van der Waals surface area contributed by atoms with Crippen LogP contribution in [0.1, 0.15) is 59.3 Å². The molecule has 0 aromatic rings. The standard InChI is InChI=1S/C17H34N2/c1-4-18(5-2)12-8-9-15(3)19-13-16-10-6-7-11-17(16)14-19/h15-17H,4-14H2,1-3H3/t15-,16-,17-/m1/s1. The average molecular weight is 266 g/mol. The second-order valence-electron chi connectivity index (χ2n) is 6.78. The van der Waals surface area contributed by atoms with Crippen molar-refractivity contribution in [2.75, 3.05) is 32.7 Å². The molecule has 1 saturated carbocycles. The molecule has 1 heterocycles. The summed E-state index contributed by atoms with van der Waals surface area (Å²) in [6, 6.07) is 0.807. The van der Waals surface area contributed by atoms with Gasteiger partial charge in [0.05, 0.1) is 0 Å². The number of rotatable bonds is 7. The Morgan fingerprint density at radius 1 is 1.05 bits per heavy atom. The van der Waals surface area contributed by atoms with Crippen LogP contribution in [0.15, 0.2) is 0 Å². The summed E-state index contributed by atoms with van der Waals surface area (Å²) in [7, 11) is 0. The second-order valence-corrected chi connectivity index (χ2v) is 6.78. The van der Waals surface area contributed by atoms with E-state index in [4.69, 9.17) is 0 Å². The molecule has 2 fully saturated rings. The lowest BCUT2D eigenvalue weighted by molar-refractivity contribution is 0.217. The lowest BCUT2D eigenvalue weighted by atomic mass is 9.82. The van der Waals surface area contributed by atoms with Gasteiger partial charge in [0, 0.05) is 19.1 Å². The Kier molecular flexibility index (Phi) is 6.15. The van der Waals surface area contributed by atoms with Crippen molar-refractivity contribution < 1.29 is 0 Å². The van der Waals surface area contributed by atoms with E-state index in [1.165, 1.54) is 71.2 Å². The summed E-state index contributed by atoms with van der Waals surface area (Å²) in [5, 5.41) is 0. The predicted octanol–water partition coefficient (Wildman–Crippen LogP) is 3.62. The summed E-state index contributed by atoms with van der Waals surface area (Å²) in [6.07, 6.45) is 8.75. The van der Waals surface area contributed by atoms with Crippen molar-refractivity contribution >= 4 is 0 Å². The first-order valence-corrected chi connectivity index (χ1v) is 8.71. The first kappa shape index (κ1) is 15.3. The summed E-state index contributed by atoms with van der Waals surface area (Å²) in [4.78, 5) is 5.35. The minimum absolute atomic E-state index is 0.807. The molecule has 19 heavy (non-hydrogen) atoms. The highest BCUT2D eigenvalue weighted by Gasteiger charge is 2.35. The maximum atomic E-state index is 2.79. The van der Waals surface area contributed by atoms with Crippen LogP contribution in [0.25, 0.3) is 0 Å². The zero-order valence-corrected chi connectivity index (χ0v) is 13.4. The van der Waals surface area contributed by atoms with Crippen molar-refractivity contribution in [1.82, 2.24) is 9.80 Å². The van der Waals surface area contributed by atoms with Crippen LogP contribution in [0.3, 0.4) is 0 Å². The van der Waals surface area contributed by atoms with Gasteiger partial charge in [0.2, 0.25) is 0 Å². The maximum absolute atomic E-state index is 2.79. The van der Waals surface area contributed by atoms with Crippen LogP contribution in [-0.2, 0) is 0 Å². The van der Waals surface area contributed by atoms with Gasteiger partial charge in [-0.05, 0) is 64.1 Å². The zero-order chi connectivity index (χ0) is 13.7. The summed E-state index contributed by atoms with van der Waals surface area (Å²) in [6.45, 7) is 13.5. The maximum Gasteiger partial charge on any atom is 0.00676 e. The molecule has 2 aliphatic rings. The fourth-order valence-corrected chi connectivity index (χ4v) is 4.13. The van der Waals surface area contributed by atoms with Crippen molar-refractivity contribution in [3.63, 3.8) is 0 Å². The van der Waals surface area contributed by atoms with Crippen LogP contribution in [0.5, 0.6) is 0 Å². The third-order valence-electron chi connectivity index (χ3n) is 5.62. The molecule has 1 saturated heterocycles. The molecular weight excluding hydrogens is 232 g/mol. The lowest BCUT2D eigenvalue weighted by Crippen LogP contribution is -2.32. The topological polar surface area (TPSA) is 6.48 Å². The Hall–Kier alpha value is -0.0800. The van der Waals surface area contributed by atoms with Gasteiger partial charge in [0.15, 0.2) is 0 Å². The molecular formula is C17H34N2. The van der Waals surface area contributed by atoms with Gasteiger partial charge in [-0.3, -0.25) is 0 Å². The number of fused-ring (bicyclic) bond motifs is 1. The van der Waals surface area contributed by atoms with E-state index in [1.54, 1.807) is 0 Å². The summed E-state index contributed by atoms with van der Waals surface area (Å²) in [5.41, 5.74) is 0. The zero-order valence-electron chi connectivity index (χ0n) is 13.4. The fraction of sp³-hybridized carbons (Fsp3) is 1.00. The van der Waals surface area contributed by atoms with Gasteiger partial charge in [0.25, 0.3) is 0 Å². The molecule has 2 rings (SSSR count). The highest BCUT2D eigenvalue weighted by Crippen LogP contribution is 2.37. The molecule has 0 aromatic heterocycles. The lowest BCUT2D eigenvalue weighted by Gasteiger charge is -2.26. The van der Waals surface area contributed by atoms with Crippen molar-refractivity contribution in [2.24, 2.45) is 11.8 Å². The van der Waals surface area contributed by atoms with Gasteiger partial charge < -0.3 is 9.80 Å². The average Bonchev–Trinajstić information content (AvgIpc) is 2.87. The van der Waals surface area contributed by atoms with Gasteiger partial charge in [-0.15, -0.1) is 0 Å². The first-order chi connectivity index (χ1) is 9.24. The highest BCUT2D eigenvalue weighted by atomic mass is 15.2. The van der Waals surface area contributed by atoms with E-state index in [-0.39, 0.29) is 0 Å². The van der Waals surface area contributed by atoms with E-state index in [0.717, 1.165) is 17.9 Å². The van der Waals surface area contributed by atoms with Gasteiger partial charge in [-0.1, -0.05) is 26.7 Å². The molecule has 0 radical (unpaired) electrons. The largest absolute Gasteiger partial charge is 0.304 e. The van der Waals surface area contributed by atoms with Gasteiger partial charge in [-0.25, -0.2) is 0 Å². The highest BCUT2D eigenvalue weighted by molar-refractivity contribution is 4.88. The number of nitrogens with zero attached hydrogens (tertiary/aromatic N) is 2. The van der Waals surface area contributed by atoms with E-state index in [9.17, 15) is 0 Å². The van der Waals surface area contributed by atoms with Crippen molar-refractivity contribution in [3.8, 4) is 0 Å². The fourth-order valence-electron chi connectivity index (χ4n) is 4.13. The molecule has 0 amide bonds. The van der Waals surface area contributed by atoms with E-state index in [0.29, 0.717) is 0 Å². The number of likely N-dealkylation sites (tertiary alicyclic amines) is 1. The summed E-state index contributed by atoms with van der Waals surface area (Å²) < 4.78 is 0. The summed E-state index contributed by atoms with van der Waals surface area (Å²) >= 11 is 0. The van der Waals surface area contributed by atoms with Gasteiger partial charge in [0.1, 0.15) is 0 Å². The minimum atomic E-state index is 0.807. The molecule has 0 N–H and O–H groups in total. The molecule has 1 aliphatic carbocycles. The second kappa shape index (κ2) is 7.64. The van der Waals surface area contributed by atoms with Crippen LogP contribution < -0.4 is 0 Å². The Balaban J connectivity index is 1.67. The molecule has 2 nitrogen and oxygen atoms in total. The van der Waals surface area contributed by atoms with Crippen LogP contribution in [0.2, 0.25) is 0 Å². The third-order valence-corrected chi connectivity index (χ3v) is 5.62. The molecule has 0 unspecified atom stereocenters. The van der Waals surface area contributed by atoms with E-state index < -0.39 is 0 Å². The molecule has 0 aromatic carbocycles. The van der Waals surface area contributed by atoms with E-state index in [2.05, 4.69) is 30.6 Å². The van der Waals surface area contributed by atoms with Crippen LogP contribution in [0.4, 0.5) is 0 Å².